The summed E-state index contributed by atoms with van der Waals surface area (Å²) in [5.41, 5.74) is 7.76. The van der Waals surface area contributed by atoms with Crippen molar-refractivity contribution in [1.29, 1.82) is 0 Å². The highest BCUT2D eigenvalue weighted by Crippen LogP contribution is 2.22. The first kappa shape index (κ1) is 12.8. The quantitative estimate of drug-likeness (QED) is 0.878. The maximum Gasteiger partial charge on any atom is 0.258 e. The van der Waals surface area contributed by atoms with Gasteiger partial charge in [-0.05, 0) is 30.5 Å². The number of rotatable bonds is 5. The van der Waals surface area contributed by atoms with Gasteiger partial charge in [0.2, 0.25) is 0 Å². The molecule has 0 atom stereocenters. The van der Waals surface area contributed by atoms with Crippen LogP contribution in [0.15, 0.2) is 28.8 Å². The maximum atomic E-state index is 5.61. The Morgan fingerprint density at radius 2 is 2.06 bits per heavy atom. The highest BCUT2D eigenvalue weighted by Gasteiger charge is 2.12. The fraction of sp³-hybridized carbons (Fsp3) is 0.429. The van der Waals surface area contributed by atoms with Crippen LogP contribution in [0.5, 0.6) is 0 Å². The second-order valence-electron chi connectivity index (χ2n) is 4.81. The molecular formula is C14H19N3O. The molecule has 0 aliphatic carbocycles. The molecule has 2 aromatic rings. The largest absolute Gasteiger partial charge is 0.334 e. The van der Waals surface area contributed by atoms with Gasteiger partial charge < -0.3 is 10.3 Å². The van der Waals surface area contributed by atoms with Crippen molar-refractivity contribution in [3.05, 3.63) is 35.7 Å². The van der Waals surface area contributed by atoms with Gasteiger partial charge in [-0.15, -0.1) is 0 Å². The van der Waals surface area contributed by atoms with Gasteiger partial charge in [-0.3, -0.25) is 0 Å². The zero-order valence-electron chi connectivity index (χ0n) is 10.9. The molecule has 4 nitrogen and oxygen atoms in total. The van der Waals surface area contributed by atoms with E-state index in [9.17, 15) is 0 Å². The first-order valence-electron chi connectivity index (χ1n) is 6.31. The van der Waals surface area contributed by atoms with Crippen molar-refractivity contribution in [2.24, 2.45) is 11.7 Å². The minimum atomic E-state index is 0.523. The van der Waals surface area contributed by atoms with Crippen LogP contribution in [0.25, 0.3) is 11.5 Å². The molecule has 0 spiro atoms. The van der Waals surface area contributed by atoms with E-state index in [2.05, 4.69) is 30.1 Å². The Bertz CT molecular complexity index is 505. The molecule has 0 amide bonds. The molecule has 0 aliphatic heterocycles. The van der Waals surface area contributed by atoms with E-state index in [0.29, 0.717) is 18.4 Å². The number of benzene rings is 1. The molecule has 0 fully saturated rings. The molecule has 1 heterocycles. The van der Waals surface area contributed by atoms with Crippen molar-refractivity contribution < 1.29 is 4.52 Å². The molecule has 2 N–H and O–H groups in total. The predicted molar refractivity (Wildman–Crippen MR) is 71.0 cm³/mol. The van der Waals surface area contributed by atoms with Gasteiger partial charge in [0.05, 0.1) is 0 Å². The van der Waals surface area contributed by atoms with Crippen LogP contribution in [0.3, 0.4) is 0 Å². The summed E-state index contributed by atoms with van der Waals surface area (Å²) in [5.74, 6) is 1.88. The van der Waals surface area contributed by atoms with E-state index in [1.807, 2.05) is 18.2 Å². The first-order valence-corrected chi connectivity index (χ1v) is 6.31. The van der Waals surface area contributed by atoms with Gasteiger partial charge in [-0.25, -0.2) is 0 Å². The van der Waals surface area contributed by atoms with Crippen molar-refractivity contribution in [1.82, 2.24) is 10.1 Å². The fourth-order valence-corrected chi connectivity index (χ4v) is 1.91. The van der Waals surface area contributed by atoms with Gasteiger partial charge >= 0.3 is 0 Å². The van der Waals surface area contributed by atoms with Crippen molar-refractivity contribution in [2.45, 2.75) is 26.7 Å². The Morgan fingerprint density at radius 1 is 1.28 bits per heavy atom. The normalized spacial score (nSPS) is 11.1. The molecule has 0 saturated heterocycles. The third-order valence-electron chi connectivity index (χ3n) is 2.72. The Balaban J connectivity index is 2.28. The molecule has 1 aromatic carbocycles. The van der Waals surface area contributed by atoms with Gasteiger partial charge in [0, 0.05) is 12.0 Å². The average Bonchev–Trinajstić information content (AvgIpc) is 2.77. The van der Waals surface area contributed by atoms with E-state index < -0.39 is 0 Å². The van der Waals surface area contributed by atoms with E-state index in [1.165, 1.54) is 0 Å². The maximum absolute atomic E-state index is 5.61. The molecule has 4 heteroatoms. The van der Waals surface area contributed by atoms with Crippen molar-refractivity contribution in [3.8, 4) is 11.5 Å². The van der Waals surface area contributed by atoms with Gasteiger partial charge in [0.25, 0.3) is 5.89 Å². The van der Waals surface area contributed by atoms with Crippen LogP contribution in [-0.2, 0) is 12.8 Å². The van der Waals surface area contributed by atoms with Gasteiger partial charge in [-0.1, -0.05) is 37.2 Å². The van der Waals surface area contributed by atoms with Crippen LogP contribution in [0.1, 0.15) is 25.2 Å². The van der Waals surface area contributed by atoms with E-state index in [4.69, 9.17) is 10.3 Å². The minimum Gasteiger partial charge on any atom is -0.334 e. The lowest BCUT2D eigenvalue weighted by atomic mass is 10.0. The zero-order valence-corrected chi connectivity index (χ0v) is 10.9. The minimum absolute atomic E-state index is 0.523. The summed E-state index contributed by atoms with van der Waals surface area (Å²) in [5, 5.41) is 4.02. The molecule has 0 unspecified atom stereocenters. The second kappa shape index (κ2) is 5.78. The summed E-state index contributed by atoms with van der Waals surface area (Å²) in [7, 11) is 0. The van der Waals surface area contributed by atoms with Gasteiger partial charge in [0.1, 0.15) is 0 Å². The molecule has 0 aliphatic rings. The van der Waals surface area contributed by atoms with E-state index in [1.54, 1.807) is 0 Å². The fourth-order valence-electron chi connectivity index (χ4n) is 1.91. The topological polar surface area (TPSA) is 64.9 Å². The second-order valence-corrected chi connectivity index (χ2v) is 4.81. The van der Waals surface area contributed by atoms with Crippen LogP contribution >= 0.6 is 0 Å². The summed E-state index contributed by atoms with van der Waals surface area (Å²) in [6.07, 6.45) is 1.65. The summed E-state index contributed by atoms with van der Waals surface area (Å²) in [6, 6.07) is 8.02. The SMILES string of the molecule is CC(C)Cc1noc(-c2ccccc2CCN)n1. The summed E-state index contributed by atoms with van der Waals surface area (Å²) in [6.45, 7) is 4.89. The monoisotopic (exact) mass is 245 g/mol. The third-order valence-corrected chi connectivity index (χ3v) is 2.72. The summed E-state index contributed by atoms with van der Waals surface area (Å²) in [4.78, 5) is 4.44. The number of nitrogens with two attached hydrogens (primary N) is 1. The standard InChI is InChI=1S/C14H19N3O/c1-10(2)9-13-16-14(18-17-13)12-6-4-3-5-11(12)7-8-15/h3-6,10H,7-9,15H2,1-2H3. The van der Waals surface area contributed by atoms with E-state index >= 15 is 0 Å². The van der Waals surface area contributed by atoms with Crippen molar-refractivity contribution in [2.75, 3.05) is 6.54 Å². The van der Waals surface area contributed by atoms with Crippen LogP contribution in [0.2, 0.25) is 0 Å². The Morgan fingerprint density at radius 3 is 2.78 bits per heavy atom. The Kier molecular flexibility index (Phi) is 4.10. The lowest BCUT2D eigenvalue weighted by Crippen LogP contribution is -2.04. The van der Waals surface area contributed by atoms with Crippen molar-refractivity contribution >= 4 is 0 Å². The van der Waals surface area contributed by atoms with E-state index in [-0.39, 0.29) is 0 Å². The Labute approximate surface area is 107 Å². The number of hydrogen-bond donors (Lipinski definition) is 1. The highest BCUT2D eigenvalue weighted by molar-refractivity contribution is 5.58. The smallest absolute Gasteiger partial charge is 0.258 e. The zero-order chi connectivity index (χ0) is 13.0. The van der Waals surface area contributed by atoms with Crippen LogP contribution in [0, 0.1) is 5.92 Å². The van der Waals surface area contributed by atoms with E-state index in [0.717, 1.165) is 29.8 Å². The molecule has 0 saturated carbocycles. The molecule has 96 valence electrons. The third kappa shape index (κ3) is 2.96. The van der Waals surface area contributed by atoms with Crippen molar-refractivity contribution in [3.63, 3.8) is 0 Å². The Hall–Kier alpha value is -1.68. The number of aromatic nitrogens is 2. The summed E-state index contributed by atoms with van der Waals surface area (Å²) < 4.78 is 5.34. The lowest BCUT2D eigenvalue weighted by Gasteiger charge is -2.03. The first-order chi connectivity index (χ1) is 8.70. The van der Waals surface area contributed by atoms with Crippen LogP contribution < -0.4 is 5.73 Å². The number of hydrogen-bond acceptors (Lipinski definition) is 4. The predicted octanol–water partition coefficient (Wildman–Crippen LogP) is 2.44. The molecule has 1 aromatic heterocycles. The summed E-state index contributed by atoms with van der Waals surface area (Å²) >= 11 is 0. The molecule has 0 radical (unpaired) electrons. The van der Waals surface area contributed by atoms with Crippen LogP contribution in [0.4, 0.5) is 0 Å². The highest BCUT2D eigenvalue weighted by atomic mass is 16.5. The molecule has 0 bridgehead atoms. The number of nitrogens with zero attached hydrogens (tertiary/aromatic N) is 2. The lowest BCUT2D eigenvalue weighted by molar-refractivity contribution is 0.417. The van der Waals surface area contributed by atoms with Gasteiger partial charge in [-0.2, -0.15) is 4.98 Å². The van der Waals surface area contributed by atoms with Crippen LogP contribution in [-0.4, -0.2) is 16.7 Å². The van der Waals surface area contributed by atoms with Gasteiger partial charge in [0.15, 0.2) is 5.82 Å². The average molecular weight is 245 g/mol. The molecular weight excluding hydrogens is 226 g/mol. The molecule has 18 heavy (non-hydrogen) atoms. The molecule has 2 rings (SSSR count).